The summed E-state index contributed by atoms with van der Waals surface area (Å²) in [5.74, 6) is -0.358. The Bertz CT molecular complexity index is 745. The van der Waals surface area contributed by atoms with Crippen LogP contribution in [0, 0.1) is 0 Å². The first kappa shape index (κ1) is 20.6. The first-order valence-corrected chi connectivity index (χ1v) is 9.17. The Balaban J connectivity index is 1.89. The number of aliphatic hydroxyl groups is 1. The monoisotopic (exact) mass is 368 g/mol. The van der Waals surface area contributed by atoms with Crippen LogP contribution in [0.25, 0.3) is 0 Å². The molecule has 0 radical (unpaired) electrons. The third kappa shape index (κ3) is 5.89. The molecule has 1 atom stereocenters. The van der Waals surface area contributed by atoms with Gasteiger partial charge in [0.1, 0.15) is 0 Å². The zero-order valence-corrected chi connectivity index (χ0v) is 15.8. The predicted molar refractivity (Wildman–Crippen MR) is 106 cm³/mol. The van der Waals surface area contributed by atoms with Crippen molar-refractivity contribution in [3.63, 3.8) is 0 Å². The van der Waals surface area contributed by atoms with Crippen molar-refractivity contribution in [2.45, 2.75) is 50.8 Å². The quantitative estimate of drug-likeness (QED) is 0.598. The molecular formula is C21H28N4O2. The van der Waals surface area contributed by atoms with E-state index in [1.54, 1.807) is 30.0 Å². The van der Waals surface area contributed by atoms with E-state index < -0.39 is 11.6 Å². The third-order valence-electron chi connectivity index (χ3n) is 4.62. The van der Waals surface area contributed by atoms with Gasteiger partial charge in [-0.2, -0.15) is 0 Å². The molecule has 2 rings (SSSR count). The van der Waals surface area contributed by atoms with Crippen LogP contribution in [0.1, 0.15) is 42.2 Å². The lowest BCUT2D eigenvalue weighted by Gasteiger charge is -2.32. The molecule has 0 aliphatic carbocycles. The summed E-state index contributed by atoms with van der Waals surface area (Å²) in [6.07, 6.45) is 7.45. The number of carbonyl (C=O) groups excluding carboxylic acids is 1. The fourth-order valence-electron chi connectivity index (χ4n) is 2.94. The summed E-state index contributed by atoms with van der Waals surface area (Å²) >= 11 is 0. The van der Waals surface area contributed by atoms with E-state index in [1.165, 1.54) is 5.56 Å². The van der Waals surface area contributed by atoms with Crippen LogP contribution in [0.4, 0.5) is 0 Å². The molecule has 0 saturated heterocycles. The van der Waals surface area contributed by atoms with Crippen LogP contribution in [-0.2, 0) is 13.0 Å². The van der Waals surface area contributed by atoms with Gasteiger partial charge >= 0.3 is 0 Å². The Hall–Kier alpha value is -2.73. The van der Waals surface area contributed by atoms with Crippen molar-refractivity contribution in [3.8, 4) is 0 Å². The largest absolute Gasteiger partial charge is 0.387 e. The molecule has 1 heterocycles. The van der Waals surface area contributed by atoms with Crippen LogP contribution in [0.3, 0.4) is 0 Å². The highest BCUT2D eigenvalue weighted by Gasteiger charge is 2.32. The first-order valence-electron chi connectivity index (χ1n) is 9.17. The number of aromatic nitrogens is 3. The van der Waals surface area contributed by atoms with Crippen LogP contribution < -0.4 is 5.32 Å². The van der Waals surface area contributed by atoms with Crippen molar-refractivity contribution >= 4 is 5.91 Å². The normalized spacial score (nSPS) is 12.4. The third-order valence-corrected chi connectivity index (χ3v) is 4.62. The predicted octanol–water partition coefficient (Wildman–Crippen LogP) is 2.91. The number of amides is 1. The molecule has 0 bridgehead atoms. The van der Waals surface area contributed by atoms with Gasteiger partial charge in [0.25, 0.3) is 5.91 Å². The molecule has 6 nitrogen and oxygen atoms in total. The molecule has 0 saturated carbocycles. The van der Waals surface area contributed by atoms with Crippen molar-refractivity contribution in [1.82, 2.24) is 20.3 Å². The zero-order chi connectivity index (χ0) is 19.7. The molecule has 1 aromatic carbocycles. The van der Waals surface area contributed by atoms with Gasteiger partial charge in [0, 0.05) is 6.54 Å². The lowest BCUT2D eigenvalue weighted by molar-refractivity contribution is 0.0127. The van der Waals surface area contributed by atoms with Crippen LogP contribution in [0.15, 0.2) is 61.8 Å². The molecule has 0 fully saturated rings. The van der Waals surface area contributed by atoms with Crippen LogP contribution in [-0.4, -0.2) is 37.7 Å². The zero-order valence-electron chi connectivity index (χ0n) is 15.8. The summed E-state index contributed by atoms with van der Waals surface area (Å²) in [7, 11) is 0. The lowest BCUT2D eigenvalue weighted by Crippen LogP contribution is -2.50. The molecule has 144 valence electrons. The van der Waals surface area contributed by atoms with Crippen molar-refractivity contribution in [3.05, 3.63) is 73.1 Å². The maximum Gasteiger partial charge on any atom is 0.273 e. The maximum absolute atomic E-state index is 12.4. The Morgan fingerprint density at radius 2 is 1.96 bits per heavy atom. The first-order chi connectivity index (χ1) is 13.0. The van der Waals surface area contributed by atoms with Gasteiger partial charge < -0.3 is 10.4 Å². The number of rotatable bonds is 11. The highest BCUT2D eigenvalue weighted by atomic mass is 16.3. The van der Waals surface area contributed by atoms with Gasteiger partial charge in [-0.25, -0.2) is 0 Å². The second-order valence-electron chi connectivity index (χ2n) is 6.74. The van der Waals surface area contributed by atoms with Gasteiger partial charge in [-0.3, -0.25) is 9.48 Å². The van der Waals surface area contributed by atoms with Crippen LogP contribution in [0.2, 0.25) is 0 Å². The van der Waals surface area contributed by atoms with Crippen LogP contribution in [0.5, 0.6) is 0 Å². The van der Waals surface area contributed by atoms with E-state index in [4.69, 9.17) is 0 Å². The number of benzene rings is 1. The number of nitrogens with one attached hydrogen (secondary N) is 1. The SMILES string of the molecule is C=CCC(O)(CC=C)C(C)NC(=O)c1cn(CCCc2ccccc2)nn1. The van der Waals surface area contributed by atoms with E-state index in [0.717, 1.165) is 12.8 Å². The molecule has 27 heavy (non-hydrogen) atoms. The van der Waals surface area contributed by atoms with Gasteiger partial charge in [0.15, 0.2) is 5.69 Å². The molecule has 0 aliphatic rings. The van der Waals surface area contributed by atoms with Gasteiger partial charge in [0.2, 0.25) is 0 Å². The number of nitrogens with zero attached hydrogens (tertiary/aromatic N) is 3. The summed E-state index contributed by atoms with van der Waals surface area (Å²) < 4.78 is 1.67. The minimum Gasteiger partial charge on any atom is -0.387 e. The molecule has 1 unspecified atom stereocenters. The van der Waals surface area contributed by atoms with E-state index in [9.17, 15) is 9.90 Å². The molecule has 6 heteroatoms. The molecule has 0 aliphatic heterocycles. The number of aryl methyl sites for hydroxylation is 2. The second kappa shape index (κ2) is 9.83. The Morgan fingerprint density at radius 1 is 1.30 bits per heavy atom. The second-order valence-corrected chi connectivity index (χ2v) is 6.74. The Kier molecular flexibility index (Phi) is 7.49. The summed E-state index contributed by atoms with van der Waals surface area (Å²) in [6, 6.07) is 9.75. The smallest absolute Gasteiger partial charge is 0.273 e. The van der Waals surface area contributed by atoms with Gasteiger partial charge in [-0.1, -0.05) is 47.7 Å². The van der Waals surface area contributed by atoms with Crippen LogP contribution >= 0.6 is 0 Å². The summed E-state index contributed by atoms with van der Waals surface area (Å²) in [5, 5.41) is 21.5. The average Bonchev–Trinajstić information content (AvgIpc) is 3.12. The van der Waals surface area contributed by atoms with E-state index >= 15 is 0 Å². The molecular weight excluding hydrogens is 340 g/mol. The van der Waals surface area contributed by atoms with Gasteiger partial charge in [-0.15, -0.1) is 18.3 Å². The average molecular weight is 368 g/mol. The lowest BCUT2D eigenvalue weighted by atomic mass is 9.88. The molecule has 1 amide bonds. The van der Waals surface area contributed by atoms with E-state index in [1.807, 2.05) is 18.2 Å². The van der Waals surface area contributed by atoms with E-state index in [2.05, 4.69) is 40.9 Å². The molecule has 1 aromatic heterocycles. The summed E-state index contributed by atoms with van der Waals surface area (Å²) in [6.45, 7) is 9.78. The molecule has 2 N–H and O–H groups in total. The maximum atomic E-state index is 12.4. The standard InChI is InChI=1S/C21H28N4O2/c1-4-13-21(27,14-5-2)17(3)22-20(26)19-16-25(24-23-19)15-9-12-18-10-7-6-8-11-18/h4-8,10-11,16-17,27H,1-2,9,12-15H2,3H3,(H,22,26). The molecule has 2 aromatic rings. The highest BCUT2D eigenvalue weighted by molar-refractivity contribution is 5.92. The van der Waals surface area contributed by atoms with Gasteiger partial charge in [0.05, 0.1) is 17.8 Å². The van der Waals surface area contributed by atoms with E-state index in [-0.39, 0.29) is 11.6 Å². The van der Waals surface area contributed by atoms with Gasteiger partial charge in [-0.05, 0) is 38.2 Å². The Labute approximate surface area is 160 Å². The van der Waals surface area contributed by atoms with E-state index in [0.29, 0.717) is 19.4 Å². The Morgan fingerprint density at radius 3 is 2.59 bits per heavy atom. The number of hydrogen-bond acceptors (Lipinski definition) is 4. The summed E-state index contributed by atoms with van der Waals surface area (Å²) in [5.41, 5.74) is 0.388. The fourth-order valence-corrected chi connectivity index (χ4v) is 2.94. The minimum atomic E-state index is -1.12. The highest BCUT2D eigenvalue weighted by Crippen LogP contribution is 2.21. The van der Waals surface area contributed by atoms with Crippen molar-refractivity contribution in [2.75, 3.05) is 0 Å². The number of hydrogen-bond donors (Lipinski definition) is 2. The van der Waals surface area contributed by atoms with Crippen molar-refractivity contribution < 1.29 is 9.90 Å². The summed E-state index contributed by atoms with van der Waals surface area (Å²) in [4.78, 5) is 12.4. The fraction of sp³-hybridized carbons (Fsp3) is 0.381. The van der Waals surface area contributed by atoms with Crippen molar-refractivity contribution in [2.24, 2.45) is 0 Å². The topological polar surface area (TPSA) is 80.0 Å². The van der Waals surface area contributed by atoms with Crippen molar-refractivity contribution in [1.29, 1.82) is 0 Å². The number of carbonyl (C=O) groups is 1. The minimum absolute atomic E-state index is 0.237. The molecule has 0 spiro atoms.